The molecule has 2 heterocycles. The number of aryl methyl sites for hydroxylation is 2. The van der Waals surface area contributed by atoms with Crippen molar-refractivity contribution in [2.45, 2.75) is 20.3 Å². The van der Waals surface area contributed by atoms with Crippen molar-refractivity contribution in [3.63, 3.8) is 0 Å². The van der Waals surface area contributed by atoms with Gasteiger partial charge in [-0.3, -0.25) is 4.79 Å². The molecule has 1 aliphatic heterocycles. The molecule has 0 unspecified atom stereocenters. The summed E-state index contributed by atoms with van der Waals surface area (Å²) in [6, 6.07) is 2.53. The molecule has 0 radical (unpaired) electrons. The summed E-state index contributed by atoms with van der Waals surface area (Å²) in [5, 5.41) is 6.07. The van der Waals surface area contributed by atoms with Crippen LogP contribution in [0.15, 0.2) is 23.8 Å². The minimum atomic E-state index is -0.485. The van der Waals surface area contributed by atoms with E-state index in [9.17, 15) is 9.18 Å². The maximum Gasteiger partial charge on any atom is 0.253 e. The van der Waals surface area contributed by atoms with Crippen LogP contribution in [0.2, 0.25) is 0 Å². The Hall–Kier alpha value is -1.76. The number of carbonyl (C=O) groups is 1. The number of carbonyl (C=O) groups excluding carboxylic acids is 1. The highest BCUT2D eigenvalue weighted by Crippen LogP contribution is 2.19. The van der Waals surface area contributed by atoms with E-state index in [-0.39, 0.29) is 36.3 Å². The lowest BCUT2D eigenvalue weighted by Gasteiger charge is -2.15. The summed E-state index contributed by atoms with van der Waals surface area (Å²) in [5.41, 5.74) is 3.71. The molecule has 0 bridgehead atoms. The smallest absolute Gasteiger partial charge is 0.253 e. The Kier molecular flexibility index (Phi) is 7.73. The van der Waals surface area contributed by atoms with Crippen LogP contribution in [-0.2, 0) is 0 Å². The Bertz CT molecular complexity index is 811. The fourth-order valence-corrected chi connectivity index (χ4v) is 2.59. The number of hydrogen-bond donors (Lipinski definition) is 2. The van der Waals surface area contributed by atoms with Gasteiger partial charge in [-0.2, -0.15) is 0 Å². The summed E-state index contributed by atoms with van der Waals surface area (Å²) < 4.78 is 13.8. The largest absolute Gasteiger partial charge is 0.348 e. The average molecular weight is 387 g/mol. The van der Waals surface area contributed by atoms with Crippen molar-refractivity contribution >= 4 is 41.8 Å². The van der Waals surface area contributed by atoms with Gasteiger partial charge in [0.25, 0.3) is 5.91 Å². The van der Waals surface area contributed by atoms with E-state index in [4.69, 9.17) is 0 Å². The first-order chi connectivity index (χ1) is 11.0. The summed E-state index contributed by atoms with van der Waals surface area (Å²) in [4.78, 5) is 21.2. The number of amides is 1. The van der Waals surface area contributed by atoms with Crippen molar-refractivity contribution in [2.24, 2.45) is 0 Å². The lowest BCUT2D eigenvalue weighted by molar-refractivity contribution is 0.0957. The third kappa shape index (κ3) is 4.87. The van der Waals surface area contributed by atoms with Gasteiger partial charge in [0.15, 0.2) is 0 Å². The SMILES string of the molecule is Cc1nc2cc(F)cc(C(=O)NCC3=CCNCC3)c2nc1C.Cl.Cl. The molecule has 0 aliphatic carbocycles. The van der Waals surface area contributed by atoms with Gasteiger partial charge in [0.05, 0.1) is 22.5 Å². The van der Waals surface area contributed by atoms with Crippen LogP contribution in [0.1, 0.15) is 28.2 Å². The van der Waals surface area contributed by atoms with Crippen molar-refractivity contribution in [2.75, 3.05) is 19.6 Å². The van der Waals surface area contributed by atoms with Gasteiger partial charge in [-0.15, -0.1) is 24.8 Å². The van der Waals surface area contributed by atoms with E-state index in [2.05, 4.69) is 26.7 Å². The summed E-state index contributed by atoms with van der Waals surface area (Å²) in [6.07, 6.45) is 2.98. The lowest BCUT2D eigenvalue weighted by Crippen LogP contribution is -2.30. The number of hydrogen-bond acceptors (Lipinski definition) is 4. The third-order valence-corrected chi connectivity index (χ3v) is 4.02. The minimum Gasteiger partial charge on any atom is -0.348 e. The van der Waals surface area contributed by atoms with Crippen LogP contribution in [0, 0.1) is 19.7 Å². The number of rotatable bonds is 3. The van der Waals surface area contributed by atoms with Gasteiger partial charge in [-0.05, 0) is 32.9 Å². The fourth-order valence-electron chi connectivity index (χ4n) is 2.59. The Balaban J connectivity index is 0.00000156. The van der Waals surface area contributed by atoms with E-state index in [1.807, 2.05) is 13.8 Å². The summed E-state index contributed by atoms with van der Waals surface area (Å²) in [6.45, 7) is 5.84. The fraction of sp³-hybridized carbons (Fsp3) is 0.353. The van der Waals surface area contributed by atoms with Crippen molar-refractivity contribution in [3.05, 3.63) is 46.6 Å². The molecule has 0 atom stereocenters. The number of nitrogens with zero attached hydrogens (tertiary/aromatic N) is 2. The van der Waals surface area contributed by atoms with Gasteiger partial charge in [-0.1, -0.05) is 11.6 Å². The normalized spacial score (nSPS) is 13.5. The zero-order valence-corrected chi connectivity index (χ0v) is 15.7. The second-order valence-corrected chi connectivity index (χ2v) is 5.71. The number of benzene rings is 1. The van der Waals surface area contributed by atoms with Crippen molar-refractivity contribution < 1.29 is 9.18 Å². The second kappa shape index (κ2) is 9.08. The molecule has 0 spiro atoms. The maximum absolute atomic E-state index is 13.8. The van der Waals surface area contributed by atoms with E-state index in [1.165, 1.54) is 17.7 Å². The standard InChI is InChI=1S/C17H19FN4O.2ClH/c1-10-11(2)22-16-14(7-13(18)8-15(16)21-10)17(23)20-9-12-3-5-19-6-4-12;;/h3,7-8,19H,4-6,9H2,1-2H3,(H,20,23);2*1H. The summed E-state index contributed by atoms with van der Waals surface area (Å²) >= 11 is 0. The lowest BCUT2D eigenvalue weighted by atomic mass is 10.1. The van der Waals surface area contributed by atoms with Gasteiger partial charge in [0, 0.05) is 19.2 Å². The molecule has 0 saturated carbocycles. The van der Waals surface area contributed by atoms with Crippen LogP contribution >= 0.6 is 24.8 Å². The molecule has 2 aromatic rings. The highest BCUT2D eigenvalue weighted by molar-refractivity contribution is 6.04. The molecule has 0 fully saturated rings. The van der Waals surface area contributed by atoms with E-state index in [1.54, 1.807) is 0 Å². The van der Waals surface area contributed by atoms with Crippen LogP contribution in [0.5, 0.6) is 0 Å². The van der Waals surface area contributed by atoms with Crippen LogP contribution in [0.4, 0.5) is 4.39 Å². The highest BCUT2D eigenvalue weighted by Gasteiger charge is 2.16. The maximum atomic E-state index is 13.8. The van der Waals surface area contributed by atoms with Crippen LogP contribution in [0.25, 0.3) is 11.0 Å². The monoisotopic (exact) mass is 386 g/mol. The second-order valence-electron chi connectivity index (χ2n) is 5.71. The topological polar surface area (TPSA) is 66.9 Å². The van der Waals surface area contributed by atoms with E-state index in [0.29, 0.717) is 17.6 Å². The predicted molar refractivity (Wildman–Crippen MR) is 101 cm³/mol. The van der Waals surface area contributed by atoms with Gasteiger partial charge in [0.2, 0.25) is 0 Å². The Morgan fingerprint density at radius 2 is 1.96 bits per heavy atom. The van der Waals surface area contributed by atoms with Crippen molar-refractivity contribution in [1.82, 2.24) is 20.6 Å². The number of aromatic nitrogens is 2. The van der Waals surface area contributed by atoms with Gasteiger partial charge in [0.1, 0.15) is 11.3 Å². The van der Waals surface area contributed by atoms with Gasteiger partial charge in [-0.25, -0.2) is 14.4 Å². The van der Waals surface area contributed by atoms with E-state index < -0.39 is 5.82 Å². The van der Waals surface area contributed by atoms with Crippen LogP contribution in [0.3, 0.4) is 0 Å². The average Bonchev–Trinajstić information content (AvgIpc) is 2.54. The molecular formula is C17H21Cl2FN4O. The van der Waals surface area contributed by atoms with E-state index >= 15 is 0 Å². The molecule has 1 aliphatic rings. The van der Waals surface area contributed by atoms with Gasteiger partial charge >= 0.3 is 0 Å². The summed E-state index contributed by atoms with van der Waals surface area (Å²) in [5.74, 6) is -0.812. The Morgan fingerprint density at radius 1 is 1.24 bits per heavy atom. The summed E-state index contributed by atoms with van der Waals surface area (Å²) in [7, 11) is 0. The first-order valence-electron chi connectivity index (χ1n) is 7.66. The van der Waals surface area contributed by atoms with E-state index in [0.717, 1.165) is 30.9 Å². The molecule has 1 aromatic heterocycles. The molecule has 8 heteroatoms. The zero-order chi connectivity index (χ0) is 16.4. The molecule has 25 heavy (non-hydrogen) atoms. The first kappa shape index (κ1) is 21.3. The molecule has 136 valence electrons. The third-order valence-electron chi connectivity index (χ3n) is 4.02. The Labute approximate surface area is 158 Å². The quantitative estimate of drug-likeness (QED) is 0.795. The minimum absolute atomic E-state index is 0. The molecule has 1 amide bonds. The zero-order valence-electron chi connectivity index (χ0n) is 14.1. The molecule has 2 N–H and O–H groups in total. The van der Waals surface area contributed by atoms with Crippen LogP contribution < -0.4 is 10.6 Å². The molecule has 3 rings (SSSR count). The molecular weight excluding hydrogens is 366 g/mol. The van der Waals surface area contributed by atoms with Crippen molar-refractivity contribution in [1.29, 1.82) is 0 Å². The number of nitrogens with one attached hydrogen (secondary N) is 2. The highest BCUT2D eigenvalue weighted by atomic mass is 35.5. The molecule has 5 nitrogen and oxygen atoms in total. The Morgan fingerprint density at radius 3 is 2.64 bits per heavy atom. The molecule has 0 saturated heterocycles. The number of halogens is 3. The first-order valence-corrected chi connectivity index (χ1v) is 7.66. The van der Waals surface area contributed by atoms with Crippen molar-refractivity contribution in [3.8, 4) is 0 Å². The molecule has 1 aromatic carbocycles. The predicted octanol–water partition coefficient (Wildman–Crippen LogP) is 2.88. The number of fused-ring (bicyclic) bond motifs is 1. The van der Waals surface area contributed by atoms with Crippen LogP contribution in [-0.4, -0.2) is 35.5 Å². The van der Waals surface area contributed by atoms with Gasteiger partial charge < -0.3 is 10.6 Å².